The van der Waals surface area contributed by atoms with Crippen molar-refractivity contribution < 1.29 is 21.6 Å². The molecule has 0 bridgehead atoms. The van der Waals surface area contributed by atoms with Crippen LogP contribution >= 0.6 is 10.7 Å². The molecule has 0 rings (SSSR count). The summed E-state index contributed by atoms with van der Waals surface area (Å²) in [7, 11) is 0.239. The Hall–Kier alpha value is -0.230. The van der Waals surface area contributed by atoms with Crippen LogP contribution in [0.4, 0.5) is 13.2 Å². The van der Waals surface area contributed by atoms with Gasteiger partial charge >= 0.3 is 6.18 Å². The van der Waals surface area contributed by atoms with Gasteiger partial charge in [0.2, 0.25) is 0 Å². The Balaban J connectivity index is 4.31. The summed E-state index contributed by atoms with van der Waals surface area (Å²) in [5.74, 6) is 0. The zero-order chi connectivity index (χ0) is 8.41. The van der Waals surface area contributed by atoms with Gasteiger partial charge in [0.15, 0.2) is 0 Å². The third-order valence-corrected chi connectivity index (χ3v) is 1.19. The van der Waals surface area contributed by atoms with Crippen LogP contribution in [-0.4, -0.2) is 14.6 Å². The zero-order valence-electron chi connectivity index (χ0n) is 4.39. The molecule has 0 unspecified atom stereocenters. The van der Waals surface area contributed by atoms with Gasteiger partial charge in [-0.25, -0.2) is 8.42 Å². The molecule has 0 heterocycles. The lowest BCUT2D eigenvalue weighted by atomic mass is 10.6. The van der Waals surface area contributed by atoms with E-state index in [1.54, 1.807) is 0 Å². The highest BCUT2D eigenvalue weighted by Gasteiger charge is 2.23. The number of halogens is 4. The largest absolute Gasteiger partial charge is 0.410 e. The SMILES string of the molecule is O=S(=O)(Cl)/C=C/C(F)(F)F. The zero-order valence-corrected chi connectivity index (χ0v) is 5.96. The molecule has 0 fully saturated rings. The highest BCUT2D eigenvalue weighted by Crippen LogP contribution is 2.17. The predicted molar refractivity (Wildman–Crippen MR) is 30.0 cm³/mol. The molecule has 0 aliphatic rings. The van der Waals surface area contributed by atoms with E-state index in [0.717, 1.165) is 0 Å². The normalized spacial score (nSPS) is 14.4. The molecule has 60 valence electrons. The molecule has 10 heavy (non-hydrogen) atoms. The highest BCUT2D eigenvalue weighted by atomic mass is 35.7. The molecule has 0 radical (unpaired) electrons. The van der Waals surface area contributed by atoms with Crippen LogP contribution in [0.25, 0.3) is 0 Å². The lowest BCUT2D eigenvalue weighted by molar-refractivity contribution is -0.0796. The number of hydrogen-bond donors (Lipinski definition) is 0. The first-order valence-corrected chi connectivity index (χ1v) is 4.28. The molecule has 0 aromatic heterocycles. The second kappa shape index (κ2) is 2.79. The maximum Gasteiger partial charge on any atom is 0.410 e. The molecule has 0 atom stereocenters. The lowest BCUT2D eigenvalue weighted by Crippen LogP contribution is -2.01. The van der Waals surface area contributed by atoms with E-state index in [-0.39, 0.29) is 5.41 Å². The first kappa shape index (κ1) is 9.77. The van der Waals surface area contributed by atoms with Crippen molar-refractivity contribution in [1.29, 1.82) is 0 Å². The lowest BCUT2D eigenvalue weighted by Gasteiger charge is -1.94. The molecule has 0 saturated heterocycles. The first-order chi connectivity index (χ1) is 4.21. The van der Waals surface area contributed by atoms with Crippen molar-refractivity contribution in [3.63, 3.8) is 0 Å². The van der Waals surface area contributed by atoms with Crippen LogP contribution in [0.5, 0.6) is 0 Å². The molecule has 0 aromatic carbocycles. The second-order valence-electron chi connectivity index (χ2n) is 1.32. The maximum absolute atomic E-state index is 11.2. The Morgan fingerprint density at radius 3 is 1.80 bits per heavy atom. The molecule has 2 nitrogen and oxygen atoms in total. The van der Waals surface area contributed by atoms with Crippen LogP contribution < -0.4 is 0 Å². The van der Waals surface area contributed by atoms with Crippen molar-refractivity contribution >= 4 is 19.7 Å². The summed E-state index contributed by atoms with van der Waals surface area (Å²) in [6.45, 7) is 0. The summed E-state index contributed by atoms with van der Waals surface area (Å²) in [6.07, 6.45) is -5.09. The van der Waals surface area contributed by atoms with Gasteiger partial charge in [-0.2, -0.15) is 13.2 Å². The van der Waals surface area contributed by atoms with Crippen molar-refractivity contribution in [2.24, 2.45) is 0 Å². The third kappa shape index (κ3) is 7.77. The van der Waals surface area contributed by atoms with Crippen LogP contribution in [0.2, 0.25) is 0 Å². The molecule has 0 spiro atoms. The van der Waals surface area contributed by atoms with E-state index >= 15 is 0 Å². The van der Waals surface area contributed by atoms with E-state index in [9.17, 15) is 21.6 Å². The molecule has 0 saturated carbocycles. The summed E-state index contributed by atoms with van der Waals surface area (Å²) in [5.41, 5.74) is 0. The highest BCUT2D eigenvalue weighted by molar-refractivity contribution is 8.16. The van der Waals surface area contributed by atoms with E-state index in [2.05, 4.69) is 10.7 Å². The minimum atomic E-state index is -4.64. The standard InChI is InChI=1S/C3H2ClF3O2S/c4-10(8,9)2-1-3(5,6)7/h1-2H/b2-1+. The minimum Gasteiger partial charge on any atom is -0.208 e. The van der Waals surface area contributed by atoms with E-state index in [1.807, 2.05) is 0 Å². The Morgan fingerprint density at radius 1 is 1.30 bits per heavy atom. The van der Waals surface area contributed by atoms with Gasteiger partial charge in [0, 0.05) is 16.8 Å². The Bertz CT molecular complexity index is 227. The van der Waals surface area contributed by atoms with Gasteiger partial charge in [0.1, 0.15) is 0 Å². The number of hydrogen-bond acceptors (Lipinski definition) is 2. The van der Waals surface area contributed by atoms with Crippen LogP contribution in [-0.2, 0) is 9.05 Å². The number of alkyl halides is 3. The number of allylic oxidation sites excluding steroid dienone is 1. The van der Waals surface area contributed by atoms with Crippen LogP contribution in [0, 0.1) is 0 Å². The van der Waals surface area contributed by atoms with Gasteiger partial charge in [0.25, 0.3) is 9.05 Å². The van der Waals surface area contributed by atoms with Crippen molar-refractivity contribution in [2.75, 3.05) is 0 Å². The average Bonchev–Trinajstić information content (AvgIpc) is 1.57. The molecule has 0 aliphatic carbocycles. The van der Waals surface area contributed by atoms with E-state index in [4.69, 9.17) is 0 Å². The van der Waals surface area contributed by atoms with Gasteiger partial charge in [-0.3, -0.25) is 0 Å². The van der Waals surface area contributed by atoms with Gasteiger partial charge in [0.05, 0.1) is 5.41 Å². The van der Waals surface area contributed by atoms with Gasteiger partial charge in [-0.05, 0) is 0 Å². The molecule has 0 N–H and O–H groups in total. The average molecular weight is 195 g/mol. The second-order valence-corrected chi connectivity index (χ2v) is 3.83. The quantitative estimate of drug-likeness (QED) is 0.595. The summed E-state index contributed by atoms with van der Waals surface area (Å²) >= 11 is 0. The fourth-order valence-corrected chi connectivity index (χ4v) is 0.630. The minimum absolute atomic E-state index is 0.117. The van der Waals surface area contributed by atoms with Crippen LogP contribution in [0.3, 0.4) is 0 Å². The monoisotopic (exact) mass is 194 g/mol. The molecule has 7 heteroatoms. The van der Waals surface area contributed by atoms with E-state index in [0.29, 0.717) is 0 Å². The van der Waals surface area contributed by atoms with Crippen molar-refractivity contribution in [3.8, 4) is 0 Å². The fourth-order valence-electron chi connectivity index (χ4n) is 0.158. The third-order valence-electron chi connectivity index (χ3n) is 0.420. The van der Waals surface area contributed by atoms with E-state index in [1.165, 1.54) is 0 Å². The summed E-state index contributed by atoms with van der Waals surface area (Å²) < 4.78 is 53.2. The van der Waals surface area contributed by atoms with Gasteiger partial charge in [-0.1, -0.05) is 0 Å². The molecule has 0 aromatic rings. The Kier molecular flexibility index (Phi) is 2.73. The predicted octanol–water partition coefficient (Wildman–Crippen LogP) is 1.63. The van der Waals surface area contributed by atoms with Crippen LogP contribution in [0.15, 0.2) is 11.5 Å². The topological polar surface area (TPSA) is 34.1 Å². The molecular formula is C3H2ClF3O2S. The van der Waals surface area contributed by atoms with Gasteiger partial charge in [-0.15, -0.1) is 0 Å². The van der Waals surface area contributed by atoms with Crippen molar-refractivity contribution in [2.45, 2.75) is 6.18 Å². The fraction of sp³-hybridized carbons (Fsp3) is 0.333. The number of rotatable bonds is 1. The Labute approximate surface area is 59.7 Å². The molecule has 0 amide bonds. The summed E-state index contributed by atoms with van der Waals surface area (Å²) in [4.78, 5) is 0. The van der Waals surface area contributed by atoms with Gasteiger partial charge < -0.3 is 0 Å². The Morgan fingerprint density at radius 2 is 1.70 bits per heavy atom. The maximum atomic E-state index is 11.2. The summed E-state index contributed by atoms with van der Waals surface area (Å²) in [5, 5.41) is -0.117. The van der Waals surface area contributed by atoms with E-state index < -0.39 is 21.3 Å². The van der Waals surface area contributed by atoms with Crippen LogP contribution in [0.1, 0.15) is 0 Å². The van der Waals surface area contributed by atoms with Crippen molar-refractivity contribution in [1.82, 2.24) is 0 Å². The first-order valence-electron chi connectivity index (χ1n) is 1.91. The molecule has 0 aliphatic heterocycles. The summed E-state index contributed by atoms with van der Waals surface area (Å²) in [6, 6.07) is 0. The molecular weight excluding hydrogens is 193 g/mol. The smallest absolute Gasteiger partial charge is 0.208 e. The van der Waals surface area contributed by atoms with Crippen molar-refractivity contribution in [3.05, 3.63) is 11.5 Å².